The van der Waals surface area contributed by atoms with Crippen LogP contribution in [-0.4, -0.2) is 4.98 Å². The molecule has 1 aromatic heterocycles. The van der Waals surface area contributed by atoms with Crippen molar-refractivity contribution < 1.29 is 0 Å². The Morgan fingerprint density at radius 1 is 1.46 bits per heavy atom. The van der Waals surface area contributed by atoms with E-state index in [-0.39, 0.29) is 7.43 Å². The Bertz CT molecular complexity index is 321. The molecule has 0 aromatic carbocycles. The third kappa shape index (κ3) is 2.55. The van der Waals surface area contributed by atoms with Crippen LogP contribution in [0.5, 0.6) is 0 Å². The van der Waals surface area contributed by atoms with Crippen LogP contribution in [0.25, 0.3) is 0 Å². The molecule has 0 N–H and O–H groups in total. The molecule has 0 saturated heterocycles. The first-order chi connectivity index (χ1) is 5.56. The van der Waals surface area contributed by atoms with Gasteiger partial charge in [0, 0.05) is 6.20 Å². The summed E-state index contributed by atoms with van der Waals surface area (Å²) in [7, 11) is 0. The van der Waals surface area contributed by atoms with E-state index in [4.69, 9.17) is 5.26 Å². The van der Waals surface area contributed by atoms with Crippen LogP contribution in [0, 0.1) is 18.3 Å². The zero-order chi connectivity index (χ0) is 9.19. The van der Waals surface area contributed by atoms with Gasteiger partial charge in [-0.2, -0.15) is 5.26 Å². The molecular formula is C11H16N2. The zero-order valence-corrected chi connectivity index (χ0v) is 7.63. The van der Waals surface area contributed by atoms with Crippen molar-refractivity contribution in [3.63, 3.8) is 0 Å². The lowest BCUT2D eigenvalue weighted by molar-refractivity contribution is 0.658. The van der Waals surface area contributed by atoms with Crippen LogP contribution in [0.4, 0.5) is 0 Å². The summed E-state index contributed by atoms with van der Waals surface area (Å²) in [6.07, 6.45) is 1.74. The van der Waals surface area contributed by atoms with Crippen molar-refractivity contribution in [1.82, 2.24) is 4.98 Å². The molecule has 0 saturated carbocycles. The Hall–Kier alpha value is -1.36. The van der Waals surface area contributed by atoms with Gasteiger partial charge < -0.3 is 0 Å². The fraction of sp³-hybridized carbons (Fsp3) is 0.455. The zero-order valence-electron chi connectivity index (χ0n) is 7.63. The molecule has 0 aliphatic heterocycles. The quantitative estimate of drug-likeness (QED) is 0.659. The number of pyridine rings is 1. The molecule has 13 heavy (non-hydrogen) atoms. The summed E-state index contributed by atoms with van der Waals surface area (Å²) in [6.45, 7) is 5.74. The lowest BCUT2D eigenvalue weighted by Crippen LogP contribution is -2.15. The van der Waals surface area contributed by atoms with E-state index in [1.54, 1.807) is 6.20 Å². The highest BCUT2D eigenvalue weighted by Gasteiger charge is 2.20. The van der Waals surface area contributed by atoms with Crippen molar-refractivity contribution in [3.8, 4) is 6.07 Å². The van der Waals surface area contributed by atoms with Gasteiger partial charge in [0.05, 0.1) is 17.2 Å². The van der Waals surface area contributed by atoms with Crippen LogP contribution >= 0.6 is 0 Å². The average molecular weight is 176 g/mol. The van der Waals surface area contributed by atoms with E-state index in [0.717, 1.165) is 11.3 Å². The monoisotopic (exact) mass is 176 g/mol. The van der Waals surface area contributed by atoms with Gasteiger partial charge in [-0.15, -0.1) is 0 Å². The highest BCUT2D eigenvalue weighted by molar-refractivity contribution is 5.26. The van der Waals surface area contributed by atoms with Crippen LogP contribution in [0.1, 0.15) is 32.5 Å². The summed E-state index contributed by atoms with van der Waals surface area (Å²) >= 11 is 0. The molecule has 1 aromatic rings. The second kappa shape index (κ2) is 4.04. The predicted octanol–water partition coefficient (Wildman–Crippen LogP) is 2.83. The molecule has 1 rings (SSSR count). The summed E-state index contributed by atoms with van der Waals surface area (Å²) in [5.74, 6) is 0. The number of rotatable bonds is 1. The molecule has 0 atom stereocenters. The second-order valence-electron chi connectivity index (χ2n) is 3.46. The molecule has 0 aliphatic carbocycles. The smallest absolute Gasteiger partial charge is 0.0937 e. The largest absolute Gasteiger partial charge is 0.260 e. The molecule has 2 nitrogen and oxygen atoms in total. The topological polar surface area (TPSA) is 36.7 Å². The molecule has 70 valence electrons. The fourth-order valence-electron chi connectivity index (χ4n) is 0.935. The number of aryl methyl sites for hydroxylation is 1. The summed E-state index contributed by atoms with van der Waals surface area (Å²) in [4.78, 5) is 4.16. The molecule has 0 spiro atoms. The van der Waals surface area contributed by atoms with E-state index >= 15 is 0 Å². The minimum Gasteiger partial charge on any atom is -0.260 e. The van der Waals surface area contributed by atoms with Gasteiger partial charge in [-0.05, 0) is 38.5 Å². The Morgan fingerprint density at radius 2 is 2.08 bits per heavy atom. The molecule has 0 unspecified atom stereocenters. The van der Waals surface area contributed by atoms with E-state index in [1.807, 2.05) is 32.9 Å². The van der Waals surface area contributed by atoms with E-state index in [2.05, 4.69) is 11.1 Å². The van der Waals surface area contributed by atoms with E-state index in [0.29, 0.717) is 0 Å². The van der Waals surface area contributed by atoms with Crippen molar-refractivity contribution in [3.05, 3.63) is 29.6 Å². The molecule has 0 bridgehead atoms. The maximum absolute atomic E-state index is 8.85. The maximum Gasteiger partial charge on any atom is 0.0937 e. The van der Waals surface area contributed by atoms with Gasteiger partial charge in [-0.1, -0.05) is 7.43 Å². The second-order valence-corrected chi connectivity index (χ2v) is 3.46. The lowest BCUT2D eigenvalue weighted by atomic mass is 9.90. The third-order valence-electron chi connectivity index (χ3n) is 1.84. The minimum absolute atomic E-state index is 0. The average Bonchev–Trinajstić information content (AvgIpc) is 2.05. The first-order valence-corrected chi connectivity index (χ1v) is 3.90. The number of nitriles is 1. The van der Waals surface area contributed by atoms with Crippen molar-refractivity contribution >= 4 is 0 Å². The van der Waals surface area contributed by atoms with Crippen molar-refractivity contribution in [2.75, 3.05) is 0 Å². The summed E-state index contributed by atoms with van der Waals surface area (Å²) in [5, 5.41) is 8.85. The van der Waals surface area contributed by atoms with Gasteiger partial charge in [0.1, 0.15) is 0 Å². The lowest BCUT2D eigenvalue weighted by Gasteiger charge is -2.14. The minimum atomic E-state index is -0.480. The van der Waals surface area contributed by atoms with Gasteiger partial charge in [-0.3, -0.25) is 4.98 Å². The SMILES string of the molecule is C.Cc1ccnc(C(C)(C)C#N)c1. The van der Waals surface area contributed by atoms with E-state index < -0.39 is 5.41 Å². The van der Waals surface area contributed by atoms with Gasteiger partial charge in [0.2, 0.25) is 0 Å². The number of aromatic nitrogens is 1. The molecule has 0 amide bonds. The van der Waals surface area contributed by atoms with Gasteiger partial charge in [-0.25, -0.2) is 0 Å². The van der Waals surface area contributed by atoms with Crippen molar-refractivity contribution in [2.45, 2.75) is 33.6 Å². The Balaban J connectivity index is 0.00000144. The van der Waals surface area contributed by atoms with Crippen LogP contribution in [-0.2, 0) is 5.41 Å². The summed E-state index contributed by atoms with van der Waals surface area (Å²) in [5.41, 5.74) is 1.50. The fourth-order valence-corrected chi connectivity index (χ4v) is 0.935. The normalized spacial score (nSPS) is 10.0. The van der Waals surface area contributed by atoms with Gasteiger partial charge in [0.15, 0.2) is 0 Å². The number of hydrogen-bond acceptors (Lipinski definition) is 2. The predicted molar refractivity (Wildman–Crippen MR) is 54.3 cm³/mol. The highest BCUT2D eigenvalue weighted by atomic mass is 14.7. The van der Waals surface area contributed by atoms with Crippen LogP contribution in [0.3, 0.4) is 0 Å². The molecule has 1 heterocycles. The molecule has 0 radical (unpaired) electrons. The molecule has 0 aliphatic rings. The van der Waals surface area contributed by atoms with Gasteiger partial charge >= 0.3 is 0 Å². The Morgan fingerprint density at radius 3 is 2.54 bits per heavy atom. The van der Waals surface area contributed by atoms with E-state index in [1.165, 1.54) is 0 Å². The summed E-state index contributed by atoms with van der Waals surface area (Å²) in [6, 6.07) is 6.10. The van der Waals surface area contributed by atoms with E-state index in [9.17, 15) is 0 Å². The van der Waals surface area contributed by atoms with Crippen LogP contribution in [0.15, 0.2) is 18.3 Å². The van der Waals surface area contributed by atoms with Crippen LogP contribution < -0.4 is 0 Å². The Kier molecular flexibility index (Phi) is 3.62. The standard InChI is InChI=1S/C10H12N2.CH4/c1-8-4-5-12-9(6-8)10(2,3)7-11;/h4-6H,1-3H3;1H4. The van der Waals surface area contributed by atoms with Crippen molar-refractivity contribution in [1.29, 1.82) is 5.26 Å². The highest BCUT2D eigenvalue weighted by Crippen LogP contribution is 2.19. The molecular weight excluding hydrogens is 160 g/mol. The van der Waals surface area contributed by atoms with Crippen LogP contribution in [0.2, 0.25) is 0 Å². The molecule has 2 heteroatoms. The third-order valence-corrected chi connectivity index (χ3v) is 1.84. The summed E-state index contributed by atoms with van der Waals surface area (Å²) < 4.78 is 0. The number of nitrogens with zero attached hydrogens (tertiary/aromatic N) is 2. The van der Waals surface area contributed by atoms with Gasteiger partial charge in [0.25, 0.3) is 0 Å². The Labute approximate surface area is 80.2 Å². The maximum atomic E-state index is 8.85. The first-order valence-electron chi connectivity index (χ1n) is 3.90. The first kappa shape index (κ1) is 11.6. The van der Waals surface area contributed by atoms with Crippen molar-refractivity contribution in [2.24, 2.45) is 0 Å². The molecule has 0 fully saturated rings. The number of hydrogen-bond donors (Lipinski definition) is 0.